The summed E-state index contributed by atoms with van der Waals surface area (Å²) in [5.41, 5.74) is 2.09. The van der Waals surface area contributed by atoms with E-state index >= 15 is 0 Å². The van der Waals surface area contributed by atoms with Crippen LogP contribution < -0.4 is 5.19 Å². The Kier molecular flexibility index (Phi) is 10.4. The fraction of sp³-hybridized carbons (Fsp3) is 0.368. The van der Waals surface area contributed by atoms with Crippen molar-refractivity contribution in [2.75, 3.05) is 0 Å². The van der Waals surface area contributed by atoms with E-state index in [1.165, 1.54) is 43.6 Å². The smallest absolute Gasteiger partial charge is 0.162 e. The fourth-order valence-corrected chi connectivity index (χ4v) is 7.90. The number of carbonyl (C=O) groups is 1. The van der Waals surface area contributed by atoms with E-state index < -0.39 is 8.07 Å². The predicted molar refractivity (Wildman–Crippen MR) is 186 cm³/mol. The third-order valence-electron chi connectivity index (χ3n) is 9.05. The van der Waals surface area contributed by atoms with Crippen molar-refractivity contribution in [3.8, 4) is 0 Å². The van der Waals surface area contributed by atoms with Crippen LogP contribution in [0.4, 0.5) is 0 Å². The predicted octanol–water partition coefficient (Wildman–Crippen LogP) is 10.4. The summed E-state index contributed by atoms with van der Waals surface area (Å²) in [7, 11) is -1.58. The Morgan fingerprint density at radius 1 is 0.932 bits per heavy atom. The van der Waals surface area contributed by atoms with Crippen LogP contribution in [-0.4, -0.2) is 23.9 Å². The van der Waals surface area contributed by atoms with Crippen LogP contribution in [0.3, 0.4) is 0 Å². The number of ketones is 1. The Bertz CT molecular complexity index is 1960. The van der Waals surface area contributed by atoms with Gasteiger partial charge in [-0.05, 0) is 60.0 Å². The molecular weight excluding hydrogens is 739 g/mol. The first kappa shape index (κ1) is 33.8. The molecule has 0 aliphatic heterocycles. The van der Waals surface area contributed by atoms with Crippen molar-refractivity contribution in [3.05, 3.63) is 72.3 Å². The number of nitrogens with zero attached hydrogens (tertiary/aromatic N) is 1. The summed E-state index contributed by atoms with van der Waals surface area (Å²) in [6.45, 7) is 17.3. The number of furan rings is 1. The van der Waals surface area contributed by atoms with E-state index in [1.54, 1.807) is 0 Å². The summed E-state index contributed by atoms with van der Waals surface area (Å²) in [6.07, 6.45) is 6.84. The Balaban J connectivity index is 0.000000239. The van der Waals surface area contributed by atoms with Crippen molar-refractivity contribution >= 4 is 73.2 Å². The monoisotopic (exact) mass is 783 g/mol. The number of rotatable bonds is 8. The van der Waals surface area contributed by atoms with Crippen LogP contribution in [-0.2, 0) is 24.9 Å². The molecule has 0 saturated heterocycles. The second-order valence-electron chi connectivity index (χ2n) is 12.8. The number of hydrogen-bond donors (Lipinski definition) is 1. The molecule has 4 aromatic carbocycles. The number of aromatic nitrogens is 1. The summed E-state index contributed by atoms with van der Waals surface area (Å²) in [4.78, 5) is 16.5. The Hall–Kier alpha value is -3.05. The van der Waals surface area contributed by atoms with Crippen molar-refractivity contribution in [3.63, 3.8) is 0 Å². The van der Waals surface area contributed by atoms with E-state index in [9.17, 15) is 9.90 Å². The van der Waals surface area contributed by atoms with E-state index in [0.29, 0.717) is 0 Å². The number of allylic oxidation sites excluding steroid dienone is 2. The molecule has 0 bridgehead atoms. The average molecular weight is 783 g/mol. The molecule has 0 aliphatic carbocycles. The maximum Gasteiger partial charge on any atom is 0.162 e. The second-order valence-corrected chi connectivity index (χ2v) is 17.9. The molecule has 6 aromatic rings. The molecule has 1 radical (unpaired) electrons. The molecule has 233 valence electrons. The van der Waals surface area contributed by atoms with Crippen LogP contribution in [0, 0.1) is 24.8 Å². The molecular formula is C38H44IrNO3Si-. The van der Waals surface area contributed by atoms with Gasteiger partial charge in [0.05, 0.1) is 13.8 Å². The molecule has 2 heterocycles. The van der Waals surface area contributed by atoms with Gasteiger partial charge in [0.25, 0.3) is 0 Å². The number of benzene rings is 4. The van der Waals surface area contributed by atoms with Crippen LogP contribution in [0.1, 0.15) is 59.1 Å². The van der Waals surface area contributed by atoms with Gasteiger partial charge in [0.15, 0.2) is 5.78 Å². The molecule has 0 unspecified atom stereocenters. The number of fused-ring (bicyclic) bond motifs is 4. The van der Waals surface area contributed by atoms with Gasteiger partial charge in [0, 0.05) is 55.1 Å². The van der Waals surface area contributed by atoms with E-state index in [1.807, 2.05) is 33.9 Å². The first-order chi connectivity index (χ1) is 20.5. The Morgan fingerprint density at radius 2 is 1.59 bits per heavy atom. The van der Waals surface area contributed by atoms with E-state index in [-0.39, 0.29) is 43.5 Å². The number of carbonyl (C=O) groups excluding carboxylic acids is 1. The van der Waals surface area contributed by atoms with Crippen molar-refractivity contribution in [1.82, 2.24) is 4.98 Å². The molecule has 6 rings (SSSR count). The summed E-state index contributed by atoms with van der Waals surface area (Å²) >= 11 is 0. The number of hydrogen-bond acceptors (Lipinski definition) is 4. The van der Waals surface area contributed by atoms with Gasteiger partial charge in [-0.25, -0.2) is 0 Å². The zero-order chi connectivity index (χ0) is 31.1. The largest absolute Gasteiger partial charge is 0.512 e. The zero-order valence-corrected chi connectivity index (χ0v) is 30.6. The first-order valence-corrected chi connectivity index (χ1v) is 19.3. The number of pyridine rings is 1. The minimum absolute atomic E-state index is 0. The van der Waals surface area contributed by atoms with E-state index in [2.05, 4.69) is 75.1 Å². The summed E-state index contributed by atoms with van der Waals surface area (Å²) in [5, 5.41) is 20.7. The molecule has 4 nitrogen and oxygen atoms in total. The van der Waals surface area contributed by atoms with Crippen LogP contribution >= 0.6 is 0 Å². The van der Waals surface area contributed by atoms with Gasteiger partial charge in [-0.15, -0.1) is 23.6 Å². The van der Waals surface area contributed by atoms with Gasteiger partial charge in [0.1, 0.15) is 11.3 Å². The van der Waals surface area contributed by atoms with E-state index in [4.69, 9.17) is 9.40 Å². The standard InChI is InChI=1S/C25H20NOSi.C13H24O2.Ir/c1-14-21-18-11-15-7-5-6-8-16(15)12-19(18)24-22-17(9-10-26-24)13-20(28(2,3)4)25(27-14)23(21)22;1-5-10(6-2)12(14)9-13(15)11(7-3)8-4;/h5-11,13H,1-4H3;9-11,14H,5-8H2,1-4H3;/q-1;;/b;12-9-;. The summed E-state index contributed by atoms with van der Waals surface area (Å²) < 4.78 is 6.45. The normalized spacial score (nSPS) is 12.5. The van der Waals surface area contributed by atoms with Gasteiger partial charge in [-0.3, -0.25) is 9.78 Å². The first-order valence-electron chi connectivity index (χ1n) is 15.8. The molecule has 0 aliphatic rings. The molecule has 0 fully saturated rings. The van der Waals surface area contributed by atoms with Crippen molar-refractivity contribution in [1.29, 1.82) is 0 Å². The molecule has 6 heteroatoms. The third-order valence-corrected chi connectivity index (χ3v) is 11.0. The van der Waals surface area contributed by atoms with Crippen molar-refractivity contribution in [2.24, 2.45) is 11.8 Å². The van der Waals surface area contributed by atoms with Gasteiger partial charge in [-0.2, -0.15) is 0 Å². The van der Waals surface area contributed by atoms with Crippen molar-refractivity contribution < 1.29 is 34.4 Å². The minimum atomic E-state index is -1.58. The quantitative estimate of drug-likeness (QED) is 0.0417. The molecule has 0 spiro atoms. The fourth-order valence-electron chi connectivity index (χ4n) is 6.45. The van der Waals surface area contributed by atoms with E-state index in [0.717, 1.165) is 53.3 Å². The van der Waals surface area contributed by atoms with Crippen LogP contribution in [0.25, 0.3) is 54.2 Å². The molecule has 44 heavy (non-hydrogen) atoms. The number of aliphatic hydroxyl groups is 1. The minimum Gasteiger partial charge on any atom is -0.512 e. The second kappa shape index (κ2) is 13.5. The van der Waals surface area contributed by atoms with Gasteiger partial charge in [0.2, 0.25) is 0 Å². The molecule has 2 aromatic heterocycles. The summed E-state index contributed by atoms with van der Waals surface area (Å²) in [6, 6.07) is 18.8. The number of aryl methyl sites for hydroxylation is 1. The Morgan fingerprint density at radius 3 is 2.23 bits per heavy atom. The van der Waals surface area contributed by atoms with Crippen molar-refractivity contribution in [2.45, 2.75) is 79.9 Å². The van der Waals surface area contributed by atoms with Gasteiger partial charge in [-0.1, -0.05) is 87.8 Å². The van der Waals surface area contributed by atoms with Crippen LogP contribution in [0.15, 0.2) is 64.9 Å². The molecule has 0 atom stereocenters. The van der Waals surface area contributed by atoms with Gasteiger partial charge >= 0.3 is 0 Å². The maximum atomic E-state index is 11.7. The van der Waals surface area contributed by atoms with Gasteiger partial charge < -0.3 is 9.52 Å². The Labute approximate surface area is 275 Å². The average Bonchev–Trinajstić information content (AvgIpc) is 3.33. The molecule has 0 saturated carbocycles. The topological polar surface area (TPSA) is 63.3 Å². The SMILES string of the molecule is CCC(CC)C(=O)/C=C(\O)C(CC)CC.Cc1oc2c([Si](C)(C)C)cc3ccnc4c5[c-]c6ccccc6cc5c1c2c34.[Ir]. The third kappa shape index (κ3) is 6.09. The van der Waals surface area contributed by atoms with Crippen LogP contribution in [0.5, 0.6) is 0 Å². The molecule has 0 amide bonds. The molecule has 1 N–H and O–H groups in total. The number of aliphatic hydroxyl groups excluding tert-OH is 1. The summed E-state index contributed by atoms with van der Waals surface area (Å²) in [5.74, 6) is 1.53. The van der Waals surface area contributed by atoms with Crippen LogP contribution in [0.2, 0.25) is 19.6 Å². The zero-order valence-electron chi connectivity index (χ0n) is 27.2. The maximum absolute atomic E-state index is 11.7.